The van der Waals surface area contributed by atoms with Crippen LogP contribution in [0, 0.1) is 0 Å². The molecule has 1 spiro atoms. The lowest BCUT2D eigenvalue weighted by molar-refractivity contribution is -0.0175. The van der Waals surface area contributed by atoms with Crippen molar-refractivity contribution in [3.05, 3.63) is 42.1 Å². The smallest absolute Gasteiger partial charge is 0.410 e. The molecular weight excluding hydrogens is 460 g/mol. The number of pyridine rings is 1. The number of morpholine rings is 1. The van der Waals surface area contributed by atoms with E-state index < -0.39 is 0 Å². The van der Waals surface area contributed by atoms with Crippen molar-refractivity contribution in [1.82, 2.24) is 14.8 Å². The van der Waals surface area contributed by atoms with Crippen LogP contribution in [0.15, 0.2) is 36.5 Å². The first kappa shape index (κ1) is 24.4. The maximum absolute atomic E-state index is 12.4. The van der Waals surface area contributed by atoms with Crippen molar-refractivity contribution in [2.24, 2.45) is 0 Å². The van der Waals surface area contributed by atoms with Crippen molar-refractivity contribution < 1.29 is 23.8 Å². The highest BCUT2D eigenvalue weighted by Crippen LogP contribution is 2.40. The highest BCUT2D eigenvalue weighted by molar-refractivity contribution is 5.89. The Hall–Kier alpha value is -3.33. The van der Waals surface area contributed by atoms with Crippen molar-refractivity contribution in [3.8, 4) is 17.0 Å². The molecule has 1 N–H and O–H groups in total. The third-order valence-electron chi connectivity index (χ3n) is 7.12. The molecule has 0 atom stereocenters. The van der Waals surface area contributed by atoms with Gasteiger partial charge in [0.1, 0.15) is 11.4 Å². The lowest BCUT2D eigenvalue weighted by atomic mass is 9.83. The number of nitrogens with zero attached hydrogens (tertiary/aromatic N) is 3. The predicted octanol–water partition coefficient (Wildman–Crippen LogP) is 4.32. The van der Waals surface area contributed by atoms with E-state index in [1.807, 2.05) is 44.3 Å². The number of likely N-dealkylation sites (tertiary alicyclic amines) is 1. The number of ether oxygens (including phenoxy) is 3. The summed E-state index contributed by atoms with van der Waals surface area (Å²) >= 11 is 0. The number of rotatable bonds is 3. The first-order chi connectivity index (χ1) is 17.4. The number of carbonyl (C=O) groups excluding carboxylic acids is 2. The van der Waals surface area contributed by atoms with Gasteiger partial charge < -0.3 is 29.3 Å². The van der Waals surface area contributed by atoms with Crippen molar-refractivity contribution >= 4 is 17.8 Å². The van der Waals surface area contributed by atoms with Crippen LogP contribution in [0.5, 0.6) is 5.75 Å². The van der Waals surface area contributed by atoms with Gasteiger partial charge in [-0.05, 0) is 50.5 Å². The van der Waals surface area contributed by atoms with Crippen LogP contribution in [0.3, 0.4) is 0 Å². The molecule has 0 saturated carbocycles. The Kier molecular flexibility index (Phi) is 7.00. The van der Waals surface area contributed by atoms with Gasteiger partial charge in [0.25, 0.3) is 0 Å². The third kappa shape index (κ3) is 5.41. The molecule has 0 bridgehead atoms. The number of hydrogen-bond donors (Lipinski definition) is 1. The molecule has 0 unspecified atom stereocenters. The number of aryl methyl sites for hydroxylation is 1. The highest BCUT2D eigenvalue weighted by Gasteiger charge is 2.41. The van der Waals surface area contributed by atoms with Gasteiger partial charge in [0.2, 0.25) is 0 Å². The normalized spacial score (nSPS) is 19.0. The fraction of sp³-hybridized carbons (Fsp3) is 0.519. The van der Waals surface area contributed by atoms with E-state index in [9.17, 15) is 9.59 Å². The lowest BCUT2D eigenvalue weighted by Gasteiger charge is -2.44. The Balaban J connectivity index is 1.20. The van der Waals surface area contributed by atoms with Gasteiger partial charge in [-0.1, -0.05) is 12.1 Å². The summed E-state index contributed by atoms with van der Waals surface area (Å²) in [7, 11) is 0. The summed E-state index contributed by atoms with van der Waals surface area (Å²) in [6.45, 7) is 7.38. The molecule has 1 aromatic carbocycles. The van der Waals surface area contributed by atoms with Crippen molar-refractivity contribution in [2.75, 3.05) is 44.7 Å². The molecule has 9 nitrogen and oxygen atoms in total. The lowest BCUT2D eigenvalue weighted by Crippen LogP contribution is -2.51. The van der Waals surface area contributed by atoms with E-state index in [0.717, 1.165) is 53.9 Å². The molecule has 2 saturated heterocycles. The number of piperidine rings is 1. The molecule has 5 rings (SSSR count). The maximum atomic E-state index is 12.4. The number of hydrogen-bond acceptors (Lipinski definition) is 6. The third-order valence-corrected chi connectivity index (χ3v) is 7.12. The van der Waals surface area contributed by atoms with Crippen LogP contribution in [0.2, 0.25) is 0 Å². The predicted molar refractivity (Wildman–Crippen MR) is 135 cm³/mol. The zero-order valence-corrected chi connectivity index (χ0v) is 21.0. The standard InChI is InChI=1S/C27H34N4O5/c1-19(2)35-26(33)31-11-9-27(10-12-31)8-7-21-17-23(28-18-24(21)36-27)20-3-5-22(6-4-20)29-25(32)30-13-15-34-16-14-30/h3-6,17-19H,7-16H2,1-2H3,(H,29,32). The number of carbonyl (C=O) groups is 2. The minimum Gasteiger partial charge on any atom is -0.485 e. The molecule has 9 heteroatoms. The van der Waals surface area contributed by atoms with Gasteiger partial charge in [0.15, 0.2) is 0 Å². The Morgan fingerprint density at radius 1 is 1.03 bits per heavy atom. The molecule has 0 aliphatic carbocycles. The Morgan fingerprint density at radius 2 is 1.75 bits per heavy atom. The zero-order valence-electron chi connectivity index (χ0n) is 21.0. The number of nitrogens with one attached hydrogen (secondary N) is 1. The molecule has 36 heavy (non-hydrogen) atoms. The molecule has 0 radical (unpaired) electrons. The Labute approximate surface area is 211 Å². The van der Waals surface area contributed by atoms with Crippen LogP contribution in [0.1, 0.15) is 38.7 Å². The molecule has 3 aliphatic rings. The second kappa shape index (κ2) is 10.3. The minimum atomic E-state index is -0.245. The monoisotopic (exact) mass is 494 g/mol. The number of aromatic nitrogens is 1. The van der Waals surface area contributed by atoms with Crippen LogP contribution < -0.4 is 10.1 Å². The second-order valence-corrected chi connectivity index (χ2v) is 9.99. The fourth-order valence-electron chi connectivity index (χ4n) is 4.99. The van der Waals surface area contributed by atoms with E-state index in [0.29, 0.717) is 39.4 Å². The summed E-state index contributed by atoms with van der Waals surface area (Å²) in [4.78, 5) is 32.8. The molecule has 1 aromatic heterocycles. The molecule has 2 aromatic rings. The molecule has 3 amide bonds. The molecule has 4 heterocycles. The largest absolute Gasteiger partial charge is 0.485 e. The van der Waals surface area contributed by atoms with E-state index in [1.54, 1.807) is 9.80 Å². The van der Waals surface area contributed by atoms with E-state index in [1.165, 1.54) is 0 Å². The van der Waals surface area contributed by atoms with Crippen LogP contribution in [0.4, 0.5) is 15.3 Å². The average molecular weight is 495 g/mol. The van der Waals surface area contributed by atoms with E-state index in [4.69, 9.17) is 14.2 Å². The summed E-state index contributed by atoms with van der Waals surface area (Å²) in [6.07, 6.45) is 4.88. The van der Waals surface area contributed by atoms with Gasteiger partial charge in [-0.3, -0.25) is 4.98 Å². The van der Waals surface area contributed by atoms with Crippen LogP contribution >= 0.6 is 0 Å². The van der Waals surface area contributed by atoms with Crippen molar-refractivity contribution in [1.29, 1.82) is 0 Å². The van der Waals surface area contributed by atoms with Gasteiger partial charge in [-0.25, -0.2) is 9.59 Å². The van der Waals surface area contributed by atoms with Gasteiger partial charge in [-0.2, -0.15) is 0 Å². The molecule has 3 aliphatic heterocycles. The Morgan fingerprint density at radius 3 is 2.44 bits per heavy atom. The highest BCUT2D eigenvalue weighted by atomic mass is 16.6. The first-order valence-corrected chi connectivity index (χ1v) is 12.8. The number of fused-ring (bicyclic) bond motifs is 1. The topological polar surface area (TPSA) is 93.2 Å². The number of benzene rings is 1. The van der Waals surface area contributed by atoms with Crippen molar-refractivity contribution in [3.63, 3.8) is 0 Å². The van der Waals surface area contributed by atoms with Crippen LogP contribution in [-0.2, 0) is 15.9 Å². The first-order valence-electron chi connectivity index (χ1n) is 12.8. The Bertz CT molecular complexity index is 1090. The van der Waals surface area contributed by atoms with Gasteiger partial charge in [0, 0.05) is 50.3 Å². The average Bonchev–Trinajstić information content (AvgIpc) is 2.89. The molecule has 192 valence electrons. The molecular formula is C27H34N4O5. The number of amides is 3. The van der Waals surface area contributed by atoms with Gasteiger partial charge in [-0.15, -0.1) is 0 Å². The van der Waals surface area contributed by atoms with Gasteiger partial charge >= 0.3 is 12.1 Å². The quantitative estimate of drug-likeness (QED) is 0.683. The minimum absolute atomic E-state index is 0.105. The van der Waals surface area contributed by atoms with E-state index in [2.05, 4.69) is 16.4 Å². The fourth-order valence-corrected chi connectivity index (χ4v) is 4.99. The van der Waals surface area contributed by atoms with Crippen LogP contribution in [-0.4, -0.2) is 78.0 Å². The van der Waals surface area contributed by atoms with Crippen molar-refractivity contribution in [2.45, 2.75) is 51.2 Å². The summed E-state index contributed by atoms with van der Waals surface area (Å²) in [5.41, 5.74) is 3.52. The molecule has 2 fully saturated rings. The van der Waals surface area contributed by atoms with Gasteiger partial charge in [0.05, 0.1) is 31.2 Å². The summed E-state index contributed by atoms with van der Waals surface area (Å²) in [5, 5.41) is 2.95. The summed E-state index contributed by atoms with van der Waals surface area (Å²) in [6, 6.07) is 9.74. The SMILES string of the molecule is CC(C)OC(=O)N1CCC2(CCc3cc(-c4ccc(NC(=O)N5CCOCC5)cc4)ncc3O2)CC1. The summed E-state index contributed by atoms with van der Waals surface area (Å²) < 4.78 is 17.1. The van der Waals surface area contributed by atoms with E-state index in [-0.39, 0.29) is 23.8 Å². The summed E-state index contributed by atoms with van der Waals surface area (Å²) in [5.74, 6) is 0.831. The number of urea groups is 1. The number of anilines is 1. The zero-order chi connectivity index (χ0) is 25.1. The van der Waals surface area contributed by atoms with E-state index >= 15 is 0 Å². The van der Waals surface area contributed by atoms with Crippen LogP contribution in [0.25, 0.3) is 11.3 Å². The second-order valence-electron chi connectivity index (χ2n) is 9.99. The maximum Gasteiger partial charge on any atom is 0.410 e.